The first-order chi connectivity index (χ1) is 14.3. The lowest BCUT2D eigenvalue weighted by molar-refractivity contribution is 0.0955. The molecule has 1 saturated carbocycles. The normalized spacial score (nSPS) is 14.2. The van der Waals surface area contributed by atoms with Gasteiger partial charge in [0.15, 0.2) is 15.5 Å². The number of rotatable bonds is 8. The molecule has 2 heterocycles. The van der Waals surface area contributed by atoms with E-state index in [4.69, 9.17) is 4.98 Å². The zero-order valence-electron chi connectivity index (χ0n) is 17.3. The van der Waals surface area contributed by atoms with Crippen molar-refractivity contribution in [3.63, 3.8) is 0 Å². The van der Waals surface area contributed by atoms with Crippen LogP contribution < -0.4 is 5.32 Å². The number of carbonyl (C=O) groups excluding carboxylic acids is 1. The zero-order chi connectivity index (χ0) is 21.3. The number of benzene rings is 1. The number of nitrogens with one attached hydrogen (secondary N) is 1. The second kappa shape index (κ2) is 8.18. The number of aryl methyl sites for hydroxylation is 2. The highest BCUT2D eigenvalue weighted by molar-refractivity contribution is 7.90. The lowest BCUT2D eigenvalue weighted by Gasteiger charge is -2.09. The average Bonchev–Trinajstić information content (AvgIpc) is 3.51. The lowest BCUT2D eigenvalue weighted by Crippen LogP contribution is -2.26. The minimum atomic E-state index is -3.22. The molecule has 1 amide bonds. The molecular weight excluding hydrogens is 400 g/mol. The van der Waals surface area contributed by atoms with E-state index >= 15 is 0 Å². The molecule has 0 saturated heterocycles. The molecule has 3 aromatic rings. The van der Waals surface area contributed by atoms with Gasteiger partial charge in [-0.15, -0.1) is 0 Å². The van der Waals surface area contributed by atoms with Crippen molar-refractivity contribution in [2.24, 2.45) is 7.05 Å². The topological polar surface area (TPSA) is 93.9 Å². The van der Waals surface area contributed by atoms with E-state index in [0.29, 0.717) is 30.1 Å². The van der Waals surface area contributed by atoms with Gasteiger partial charge in [-0.1, -0.05) is 30.3 Å². The van der Waals surface area contributed by atoms with Crippen LogP contribution in [0, 0.1) is 6.92 Å². The maximum absolute atomic E-state index is 12.9. The number of nitrogens with zero attached hydrogens (tertiary/aromatic N) is 3. The van der Waals surface area contributed by atoms with Gasteiger partial charge in [-0.3, -0.25) is 9.48 Å². The van der Waals surface area contributed by atoms with Gasteiger partial charge in [0.2, 0.25) is 0 Å². The highest BCUT2D eigenvalue weighted by Crippen LogP contribution is 2.40. The molecule has 0 aliphatic heterocycles. The minimum absolute atomic E-state index is 0.0202. The second-order valence-corrected chi connectivity index (χ2v) is 10.1. The second-order valence-electron chi connectivity index (χ2n) is 7.96. The van der Waals surface area contributed by atoms with Gasteiger partial charge < -0.3 is 5.32 Å². The Hall–Kier alpha value is -2.74. The monoisotopic (exact) mass is 426 g/mol. The number of carbonyl (C=O) groups is 1. The number of sulfone groups is 1. The van der Waals surface area contributed by atoms with Gasteiger partial charge in [0.05, 0.1) is 28.1 Å². The Kier molecular flexibility index (Phi) is 5.60. The van der Waals surface area contributed by atoms with E-state index in [0.717, 1.165) is 35.2 Å². The maximum atomic E-state index is 12.9. The summed E-state index contributed by atoms with van der Waals surface area (Å²) in [7, 11) is -1.39. The molecule has 1 N–H and O–H groups in total. The van der Waals surface area contributed by atoms with Crippen molar-refractivity contribution in [2.45, 2.75) is 37.9 Å². The SMILES string of the molecule is Cc1nn(C)c2nc(C3CC3)cc(C(=O)NCCCS(=O)(=O)Cc3ccccc3)c12. The maximum Gasteiger partial charge on any atom is 0.252 e. The number of pyridine rings is 1. The number of aromatic nitrogens is 3. The van der Waals surface area contributed by atoms with E-state index in [2.05, 4.69) is 10.4 Å². The first kappa shape index (κ1) is 20.5. The molecule has 7 nitrogen and oxygen atoms in total. The number of hydrogen-bond donors (Lipinski definition) is 1. The summed E-state index contributed by atoms with van der Waals surface area (Å²) < 4.78 is 26.4. The molecule has 158 valence electrons. The predicted molar refractivity (Wildman–Crippen MR) is 116 cm³/mol. The Balaban J connectivity index is 1.41. The van der Waals surface area contributed by atoms with E-state index in [9.17, 15) is 13.2 Å². The van der Waals surface area contributed by atoms with Crippen molar-refractivity contribution >= 4 is 26.8 Å². The molecule has 4 rings (SSSR count). The third kappa shape index (κ3) is 4.53. The minimum Gasteiger partial charge on any atom is -0.352 e. The molecule has 0 atom stereocenters. The average molecular weight is 427 g/mol. The van der Waals surface area contributed by atoms with Gasteiger partial charge in [-0.25, -0.2) is 13.4 Å². The van der Waals surface area contributed by atoms with Gasteiger partial charge in [-0.2, -0.15) is 5.10 Å². The summed E-state index contributed by atoms with van der Waals surface area (Å²) >= 11 is 0. The zero-order valence-corrected chi connectivity index (χ0v) is 18.1. The fraction of sp³-hybridized carbons (Fsp3) is 0.409. The van der Waals surface area contributed by atoms with E-state index < -0.39 is 9.84 Å². The fourth-order valence-electron chi connectivity index (χ4n) is 3.72. The van der Waals surface area contributed by atoms with Crippen molar-refractivity contribution in [2.75, 3.05) is 12.3 Å². The Bertz CT molecular complexity index is 1180. The van der Waals surface area contributed by atoms with Gasteiger partial charge in [0.25, 0.3) is 5.91 Å². The van der Waals surface area contributed by atoms with E-state index in [1.54, 1.807) is 4.68 Å². The molecule has 1 aliphatic carbocycles. The number of fused-ring (bicyclic) bond motifs is 1. The molecule has 30 heavy (non-hydrogen) atoms. The number of amides is 1. The summed E-state index contributed by atoms with van der Waals surface area (Å²) in [6, 6.07) is 11.0. The molecule has 0 radical (unpaired) electrons. The molecule has 0 unspecified atom stereocenters. The standard InChI is InChI=1S/C22H26N4O3S/c1-15-20-18(13-19(17-9-10-17)24-21(20)26(2)25-15)22(27)23-11-6-12-30(28,29)14-16-7-4-3-5-8-16/h3-5,7-8,13,17H,6,9-12,14H2,1-2H3,(H,23,27). The summed E-state index contributed by atoms with van der Waals surface area (Å²) in [5.74, 6) is 0.264. The summed E-state index contributed by atoms with van der Waals surface area (Å²) in [6.07, 6.45) is 2.56. The van der Waals surface area contributed by atoms with Crippen LogP contribution in [0.3, 0.4) is 0 Å². The smallest absolute Gasteiger partial charge is 0.252 e. The van der Waals surface area contributed by atoms with Crippen LogP contribution in [0.1, 0.15) is 52.5 Å². The Morgan fingerprint density at radius 3 is 2.67 bits per heavy atom. The molecule has 0 bridgehead atoms. The molecule has 1 fully saturated rings. The third-order valence-electron chi connectivity index (χ3n) is 5.38. The first-order valence-corrected chi connectivity index (χ1v) is 12.0. The summed E-state index contributed by atoms with van der Waals surface area (Å²) in [5.41, 5.74) is 3.76. The summed E-state index contributed by atoms with van der Waals surface area (Å²) in [5, 5.41) is 8.06. The molecule has 2 aromatic heterocycles. The Morgan fingerprint density at radius 1 is 1.23 bits per heavy atom. The summed E-state index contributed by atoms with van der Waals surface area (Å²) in [6.45, 7) is 2.17. The van der Waals surface area contributed by atoms with E-state index in [-0.39, 0.29) is 17.4 Å². The van der Waals surface area contributed by atoms with Gasteiger partial charge >= 0.3 is 0 Å². The molecule has 1 aromatic carbocycles. The van der Waals surface area contributed by atoms with Crippen molar-refractivity contribution in [1.29, 1.82) is 0 Å². The van der Waals surface area contributed by atoms with Crippen molar-refractivity contribution < 1.29 is 13.2 Å². The van der Waals surface area contributed by atoms with Crippen molar-refractivity contribution in [3.8, 4) is 0 Å². The Morgan fingerprint density at radius 2 is 1.97 bits per heavy atom. The van der Waals surface area contributed by atoms with Crippen molar-refractivity contribution in [3.05, 3.63) is 58.9 Å². The van der Waals surface area contributed by atoms with Crippen LogP contribution in [0.5, 0.6) is 0 Å². The fourth-order valence-corrected chi connectivity index (χ4v) is 5.15. The molecule has 1 aliphatic rings. The molecule has 0 spiro atoms. The van der Waals surface area contributed by atoms with E-state index in [1.165, 1.54) is 0 Å². The van der Waals surface area contributed by atoms with Crippen LogP contribution in [0.2, 0.25) is 0 Å². The van der Waals surface area contributed by atoms with Gasteiger partial charge in [0.1, 0.15) is 0 Å². The first-order valence-electron chi connectivity index (χ1n) is 10.2. The van der Waals surface area contributed by atoms with Crippen LogP contribution in [-0.2, 0) is 22.6 Å². The molecular formula is C22H26N4O3S. The predicted octanol–water partition coefficient (Wildman–Crippen LogP) is 2.89. The van der Waals surface area contributed by atoms with Crippen LogP contribution >= 0.6 is 0 Å². The van der Waals surface area contributed by atoms with Crippen LogP contribution in [0.25, 0.3) is 11.0 Å². The summed E-state index contributed by atoms with van der Waals surface area (Å²) in [4.78, 5) is 17.6. The van der Waals surface area contributed by atoms with Crippen LogP contribution in [0.15, 0.2) is 36.4 Å². The quantitative estimate of drug-likeness (QED) is 0.559. The number of hydrogen-bond acceptors (Lipinski definition) is 5. The van der Waals surface area contributed by atoms with Gasteiger partial charge in [0, 0.05) is 25.2 Å². The lowest BCUT2D eigenvalue weighted by atomic mass is 10.1. The Labute approximate surface area is 176 Å². The van der Waals surface area contributed by atoms with E-state index in [1.807, 2.05) is 50.4 Å². The van der Waals surface area contributed by atoms with Crippen molar-refractivity contribution in [1.82, 2.24) is 20.1 Å². The third-order valence-corrected chi connectivity index (χ3v) is 7.06. The highest BCUT2D eigenvalue weighted by atomic mass is 32.2. The van der Waals surface area contributed by atoms with Crippen LogP contribution in [0.4, 0.5) is 0 Å². The largest absolute Gasteiger partial charge is 0.352 e. The highest BCUT2D eigenvalue weighted by Gasteiger charge is 2.28. The van der Waals surface area contributed by atoms with Crippen LogP contribution in [-0.4, -0.2) is 41.4 Å². The van der Waals surface area contributed by atoms with Gasteiger partial charge in [-0.05, 0) is 37.8 Å². The molecule has 8 heteroatoms.